The van der Waals surface area contributed by atoms with Crippen LogP contribution in [0.4, 0.5) is 0 Å². The average molecular weight is 323 g/mol. The fraction of sp³-hybridized carbons (Fsp3) is 0.562. The highest BCUT2D eigenvalue weighted by atomic mass is 32.2. The lowest BCUT2D eigenvalue weighted by Crippen LogP contribution is -2.46. The van der Waals surface area contributed by atoms with Crippen LogP contribution in [0, 0.1) is 5.92 Å². The van der Waals surface area contributed by atoms with Crippen LogP contribution in [0.25, 0.3) is 0 Å². The van der Waals surface area contributed by atoms with E-state index in [2.05, 4.69) is 22.1 Å². The zero-order chi connectivity index (χ0) is 16.0. The summed E-state index contributed by atoms with van der Waals surface area (Å²) in [6, 6.07) is 8.57. The third-order valence-corrected chi connectivity index (χ3v) is 5.78. The molecule has 1 aromatic carbocycles. The lowest BCUT2D eigenvalue weighted by atomic mass is 10.00. The number of rotatable bonds is 4. The molecule has 1 aliphatic heterocycles. The van der Waals surface area contributed by atoms with Gasteiger partial charge in [0.15, 0.2) is 15.8 Å². The zero-order valence-corrected chi connectivity index (χ0v) is 14.1. The van der Waals surface area contributed by atoms with Crippen molar-refractivity contribution in [2.45, 2.75) is 24.7 Å². The molecule has 5 nitrogen and oxygen atoms in total. The van der Waals surface area contributed by atoms with E-state index >= 15 is 0 Å². The molecule has 0 bridgehead atoms. The van der Waals surface area contributed by atoms with Gasteiger partial charge in [-0.3, -0.25) is 4.99 Å². The summed E-state index contributed by atoms with van der Waals surface area (Å²) in [5.41, 5.74) is 0. The highest BCUT2D eigenvalue weighted by Crippen LogP contribution is 2.16. The Morgan fingerprint density at radius 2 is 1.91 bits per heavy atom. The number of sulfone groups is 1. The Morgan fingerprint density at radius 1 is 1.27 bits per heavy atom. The molecule has 0 atom stereocenters. The molecule has 0 unspecified atom stereocenters. The highest BCUT2D eigenvalue weighted by Gasteiger charge is 2.19. The van der Waals surface area contributed by atoms with Crippen LogP contribution >= 0.6 is 0 Å². The number of benzene rings is 1. The molecule has 0 radical (unpaired) electrons. The smallest absolute Gasteiger partial charge is 0.193 e. The van der Waals surface area contributed by atoms with Gasteiger partial charge in [0.05, 0.1) is 10.6 Å². The number of aliphatic imine (C=N–C) groups is 1. The van der Waals surface area contributed by atoms with E-state index in [1.807, 2.05) is 6.07 Å². The Balaban J connectivity index is 1.87. The standard InChI is InChI=1S/C16H25N3O2S/c1-14-8-11-19(12-9-14)16(17-2)18-10-13-22(20,21)15-6-4-3-5-7-15/h3-7,14H,8-13H2,1-2H3,(H,17,18). The van der Waals surface area contributed by atoms with Crippen molar-refractivity contribution in [3.05, 3.63) is 30.3 Å². The van der Waals surface area contributed by atoms with Crippen molar-refractivity contribution in [3.63, 3.8) is 0 Å². The minimum atomic E-state index is -3.24. The van der Waals surface area contributed by atoms with Crippen molar-refractivity contribution >= 4 is 15.8 Å². The van der Waals surface area contributed by atoms with Gasteiger partial charge in [-0.2, -0.15) is 0 Å². The second-order valence-corrected chi connectivity index (χ2v) is 7.88. The summed E-state index contributed by atoms with van der Waals surface area (Å²) in [4.78, 5) is 6.84. The summed E-state index contributed by atoms with van der Waals surface area (Å²) in [6.45, 7) is 4.59. The third-order valence-electron chi connectivity index (χ3n) is 4.05. The second kappa shape index (κ2) is 7.63. The Labute approximate surface area is 133 Å². The highest BCUT2D eigenvalue weighted by molar-refractivity contribution is 7.91. The van der Waals surface area contributed by atoms with Gasteiger partial charge in [-0.15, -0.1) is 0 Å². The summed E-state index contributed by atoms with van der Waals surface area (Å²) in [5, 5.41) is 3.18. The fourth-order valence-electron chi connectivity index (χ4n) is 2.60. The molecule has 22 heavy (non-hydrogen) atoms. The summed E-state index contributed by atoms with van der Waals surface area (Å²) < 4.78 is 24.5. The summed E-state index contributed by atoms with van der Waals surface area (Å²) in [5.74, 6) is 1.63. The van der Waals surface area contributed by atoms with Gasteiger partial charge >= 0.3 is 0 Å². The zero-order valence-electron chi connectivity index (χ0n) is 13.3. The van der Waals surface area contributed by atoms with Crippen molar-refractivity contribution in [2.75, 3.05) is 32.4 Å². The Kier molecular flexibility index (Phi) is 5.83. The van der Waals surface area contributed by atoms with Gasteiger partial charge in [0, 0.05) is 26.7 Å². The van der Waals surface area contributed by atoms with E-state index in [-0.39, 0.29) is 5.75 Å². The van der Waals surface area contributed by atoms with Crippen LogP contribution in [0.1, 0.15) is 19.8 Å². The normalized spacial score (nSPS) is 17.5. The minimum absolute atomic E-state index is 0.0697. The molecule has 1 heterocycles. The van der Waals surface area contributed by atoms with Crippen LogP contribution in [0.5, 0.6) is 0 Å². The van der Waals surface area contributed by atoms with E-state index in [9.17, 15) is 8.42 Å². The molecule has 1 aromatic rings. The van der Waals surface area contributed by atoms with E-state index < -0.39 is 9.84 Å². The number of hydrogen-bond acceptors (Lipinski definition) is 3. The lowest BCUT2D eigenvalue weighted by molar-refractivity contribution is 0.274. The van der Waals surface area contributed by atoms with E-state index in [0.717, 1.165) is 37.8 Å². The SMILES string of the molecule is CN=C(NCCS(=O)(=O)c1ccccc1)N1CCC(C)CC1. The van der Waals surface area contributed by atoms with Crippen molar-refractivity contribution in [1.82, 2.24) is 10.2 Å². The molecule has 0 aliphatic carbocycles. The van der Waals surface area contributed by atoms with Crippen LogP contribution in [-0.2, 0) is 9.84 Å². The molecule has 0 aromatic heterocycles. The molecule has 0 saturated carbocycles. The first-order valence-corrected chi connectivity index (χ1v) is 9.41. The summed E-state index contributed by atoms with van der Waals surface area (Å²) in [6.07, 6.45) is 2.31. The molecule has 2 rings (SSSR count). The molecule has 1 aliphatic rings. The molecule has 122 valence electrons. The molecular formula is C16H25N3O2S. The van der Waals surface area contributed by atoms with Gasteiger partial charge in [0.25, 0.3) is 0 Å². The van der Waals surface area contributed by atoms with Crippen molar-refractivity contribution < 1.29 is 8.42 Å². The fourth-order valence-corrected chi connectivity index (χ4v) is 3.77. The van der Waals surface area contributed by atoms with Crippen LogP contribution in [-0.4, -0.2) is 51.7 Å². The third kappa shape index (κ3) is 4.47. The van der Waals surface area contributed by atoms with Crippen LogP contribution < -0.4 is 5.32 Å². The van der Waals surface area contributed by atoms with Crippen LogP contribution in [0.2, 0.25) is 0 Å². The van der Waals surface area contributed by atoms with Gasteiger partial charge in [0.1, 0.15) is 0 Å². The molecule has 1 saturated heterocycles. The molecule has 1 N–H and O–H groups in total. The van der Waals surface area contributed by atoms with Gasteiger partial charge in [0.2, 0.25) is 0 Å². The first-order chi connectivity index (χ1) is 10.5. The summed E-state index contributed by atoms with van der Waals surface area (Å²) >= 11 is 0. The topological polar surface area (TPSA) is 61.8 Å². The van der Waals surface area contributed by atoms with Crippen molar-refractivity contribution in [2.24, 2.45) is 10.9 Å². The second-order valence-electron chi connectivity index (χ2n) is 5.78. The van der Waals surface area contributed by atoms with E-state index in [1.165, 1.54) is 0 Å². The van der Waals surface area contributed by atoms with Gasteiger partial charge < -0.3 is 10.2 Å². The Hall–Kier alpha value is -1.56. The number of nitrogens with one attached hydrogen (secondary N) is 1. The Bertz CT molecular complexity index is 591. The van der Waals surface area contributed by atoms with Gasteiger partial charge in [-0.05, 0) is 30.9 Å². The molecule has 1 fully saturated rings. The van der Waals surface area contributed by atoms with E-state index in [1.54, 1.807) is 31.3 Å². The number of nitrogens with zero attached hydrogens (tertiary/aromatic N) is 2. The number of piperidine rings is 1. The maximum atomic E-state index is 12.2. The van der Waals surface area contributed by atoms with Crippen molar-refractivity contribution in [3.8, 4) is 0 Å². The first kappa shape index (κ1) is 16.8. The first-order valence-electron chi connectivity index (χ1n) is 7.76. The predicted octanol–water partition coefficient (Wildman–Crippen LogP) is 1.77. The minimum Gasteiger partial charge on any atom is -0.355 e. The maximum absolute atomic E-state index is 12.2. The number of guanidine groups is 1. The number of likely N-dealkylation sites (tertiary alicyclic amines) is 1. The van der Waals surface area contributed by atoms with Crippen LogP contribution in [0.3, 0.4) is 0 Å². The maximum Gasteiger partial charge on any atom is 0.193 e. The quantitative estimate of drug-likeness (QED) is 0.677. The molecule has 0 amide bonds. The van der Waals surface area contributed by atoms with E-state index in [0.29, 0.717) is 11.4 Å². The number of hydrogen-bond donors (Lipinski definition) is 1. The summed E-state index contributed by atoms with van der Waals surface area (Å²) in [7, 11) is -1.50. The average Bonchev–Trinajstić information content (AvgIpc) is 2.53. The van der Waals surface area contributed by atoms with Crippen LogP contribution in [0.15, 0.2) is 40.2 Å². The monoisotopic (exact) mass is 323 g/mol. The largest absolute Gasteiger partial charge is 0.355 e. The lowest BCUT2D eigenvalue weighted by Gasteiger charge is -2.32. The van der Waals surface area contributed by atoms with E-state index in [4.69, 9.17) is 0 Å². The van der Waals surface area contributed by atoms with Gasteiger partial charge in [-0.25, -0.2) is 8.42 Å². The Morgan fingerprint density at radius 3 is 2.50 bits per heavy atom. The molecule has 0 spiro atoms. The predicted molar refractivity (Wildman–Crippen MR) is 89.8 cm³/mol. The van der Waals surface area contributed by atoms with Gasteiger partial charge in [-0.1, -0.05) is 25.1 Å². The van der Waals surface area contributed by atoms with Crippen molar-refractivity contribution in [1.29, 1.82) is 0 Å². The molecule has 6 heteroatoms. The molecular weight excluding hydrogens is 298 g/mol.